The molecule has 0 amide bonds. The fourth-order valence-corrected chi connectivity index (χ4v) is 1.50. The number of nitrogens with zero attached hydrogens (tertiary/aromatic N) is 2. The Kier molecular flexibility index (Phi) is 2.63. The van der Waals surface area contributed by atoms with Gasteiger partial charge in [0, 0.05) is 6.20 Å². The molecule has 2 aromatic rings. The molecule has 0 spiro atoms. The van der Waals surface area contributed by atoms with Crippen LogP contribution >= 0.6 is 0 Å². The standard InChI is InChI=1S/C12H14N2/c1-2-6-11-9-13-14(10-11)12-7-4-3-5-8-12/h3-5,7-10H,2,6H2,1H3. The zero-order chi connectivity index (χ0) is 9.80. The first-order chi connectivity index (χ1) is 6.90. The van der Waals surface area contributed by atoms with Crippen LogP contribution in [0.5, 0.6) is 0 Å². The van der Waals surface area contributed by atoms with Crippen LogP contribution in [0.4, 0.5) is 0 Å². The van der Waals surface area contributed by atoms with Crippen molar-refractivity contribution < 1.29 is 0 Å². The largest absolute Gasteiger partial charge is 0.241 e. The smallest absolute Gasteiger partial charge is 0.0645 e. The van der Waals surface area contributed by atoms with Crippen LogP contribution < -0.4 is 0 Å². The summed E-state index contributed by atoms with van der Waals surface area (Å²) in [5.74, 6) is 0. The number of rotatable bonds is 3. The quantitative estimate of drug-likeness (QED) is 0.720. The molecule has 0 radical (unpaired) electrons. The molecule has 0 fully saturated rings. The lowest BCUT2D eigenvalue weighted by molar-refractivity contribution is 0.877. The van der Waals surface area contributed by atoms with E-state index in [9.17, 15) is 0 Å². The summed E-state index contributed by atoms with van der Waals surface area (Å²) in [5.41, 5.74) is 2.42. The number of hydrogen-bond acceptors (Lipinski definition) is 1. The van der Waals surface area contributed by atoms with Gasteiger partial charge < -0.3 is 0 Å². The highest BCUT2D eigenvalue weighted by Gasteiger charge is 1.98. The average Bonchev–Trinajstić information content (AvgIpc) is 2.68. The van der Waals surface area contributed by atoms with E-state index in [0.29, 0.717) is 0 Å². The highest BCUT2D eigenvalue weighted by atomic mass is 15.3. The van der Waals surface area contributed by atoms with E-state index in [1.165, 1.54) is 12.0 Å². The molecule has 0 aliphatic rings. The van der Waals surface area contributed by atoms with Crippen molar-refractivity contribution in [3.8, 4) is 5.69 Å². The van der Waals surface area contributed by atoms with Gasteiger partial charge in [0.05, 0.1) is 11.9 Å². The van der Waals surface area contributed by atoms with Crippen LogP contribution in [0.15, 0.2) is 42.7 Å². The minimum atomic E-state index is 1.10. The van der Waals surface area contributed by atoms with E-state index in [0.717, 1.165) is 12.1 Å². The summed E-state index contributed by atoms with van der Waals surface area (Å²) in [6.07, 6.45) is 6.31. The lowest BCUT2D eigenvalue weighted by Crippen LogP contribution is -1.92. The predicted octanol–water partition coefficient (Wildman–Crippen LogP) is 2.82. The molecule has 14 heavy (non-hydrogen) atoms. The Morgan fingerprint density at radius 2 is 2.00 bits per heavy atom. The summed E-state index contributed by atoms with van der Waals surface area (Å²) in [5, 5.41) is 4.32. The molecule has 0 N–H and O–H groups in total. The molecule has 1 aromatic heterocycles. The third kappa shape index (κ3) is 1.84. The van der Waals surface area contributed by atoms with Gasteiger partial charge in [0.15, 0.2) is 0 Å². The lowest BCUT2D eigenvalue weighted by Gasteiger charge is -1.98. The fourth-order valence-electron chi connectivity index (χ4n) is 1.50. The summed E-state index contributed by atoms with van der Waals surface area (Å²) < 4.78 is 1.92. The minimum absolute atomic E-state index is 1.10. The molecule has 0 atom stereocenters. The molecule has 72 valence electrons. The van der Waals surface area contributed by atoms with Gasteiger partial charge in [0.1, 0.15) is 0 Å². The third-order valence-electron chi connectivity index (χ3n) is 2.20. The van der Waals surface area contributed by atoms with Gasteiger partial charge in [-0.15, -0.1) is 0 Å². The molecule has 0 saturated heterocycles. The Labute approximate surface area is 84.2 Å². The minimum Gasteiger partial charge on any atom is -0.241 e. The maximum absolute atomic E-state index is 4.32. The van der Waals surface area contributed by atoms with Crippen LogP contribution in [0.3, 0.4) is 0 Å². The van der Waals surface area contributed by atoms with Crippen molar-refractivity contribution in [1.29, 1.82) is 0 Å². The Morgan fingerprint density at radius 3 is 2.71 bits per heavy atom. The van der Waals surface area contributed by atoms with Crippen LogP contribution in [-0.2, 0) is 6.42 Å². The number of para-hydroxylation sites is 1. The first-order valence-electron chi connectivity index (χ1n) is 4.99. The third-order valence-corrected chi connectivity index (χ3v) is 2.20. The molecule has 1 aromatic carbocycles. The van der Waals surface area contributed by atoms with Gasteiger partial charge in [-0.3, -0.25) is 0 Å². The second-order valence-corrected chi connectivity index (χ2v) is 3.38. The van der Waals surface area contributed by atoms with Gasteiger partial charge in [-0.1, -0.05) is 31.5 Å². The van der Waals surface area contributed by atoms with E-state index in [1.54, 1.807) is 0 Å². The van der Waals surface area contributed by atoms with Crippen molar-refractivity contribution in [2.75, 3.05) is 0 Å². The molecule has 0 unspecified atom stereocenters. The topological polar surface area (TPSA) is 17.8 Å². The van der Waals surface area contributed by atoms with Gasteiger partial charge in [0.25, 0.3) is 0 Å². The predicted molar refractivity (Wildman–Crippen MR) is 57.6 cm³/mol. The van der Waals surface area contributed by atoms with Crippen LogP contribution in [-0.4, -0.2) is 9.78 Å². The summed E-state index contributed by atoms with van der Waals surface area (Å²) in [6, 6.07) is 10.2. The normalized spacial score (nSPS) is 10.4. The highest BCUT2D eigenvalue weighted by molar-refractivity contribution is 5.30. The van der Waals surface area contributed by atoms with Gasteiger partial charge in [0.2, 0.25) is 0 Å². The van der Waals surface area contributed by atoms with E-state index >= 15 is 0 Å². The van der Waals surface area contributed by atoms with E-state index in [1.807, 2.05) is 29.1 Å². The number of aromatic nitrogens is 2. The highest BCUT2D eigenvalue weighted by Crippen LogP contribution is 2.08. The molecular weight excluding hydrogens is 172 g/mol. The Bertz CT molecular complexity index is 390. The number of benzene rings is 1. The Balaban J connectivity index is 2.25. The SMILES string of the molecule is CCCc1cnn(-c2ccccc2)c1. The second-order valence-electron chi connectivity index (χ2n) is 3.38. The zero-order valence-electron chi connectivity index (χ0n) is 8.35. The van der Waals surface area contributed by atoms with Crippen LogP contribution in [0.1, 0.15) is 18.9 Å². The molecule has 1 heterocycles. The van der Waals surface area contributed by atoms with Crippen molar-refractivity contribution in [3.05, 3.63) is 48.3 Å². The summed E-state index contributed by atoms with van der Waals surface area (Å²) >= 11 is 0. The molecule has 0 aliphatic carbocycles. The van der Waals surface area contributed by atoms with E-state index in [4.69, 9.17) is 0 Å². The van der Waals surface area contributed by atoms with Gasteiger partial charge in [-0.05, 0) is 24.1 Å². The van der Waals surface area contributed by atoms with E-state index in [2.05, 4.69) is 30.4 Å². The van der Waals surface area contributed by atoms with Crippen molar-refractivity contribution in [2.24, 2.45) is 0 Å². The van der Waals surface area contributed by atoms with Crippen molar-refractivity contribution >= 4 is 0 Å². The fraction of sp³-hybridized carbons (Fsp3) is 0.250. The molecule has 0 aliphatic heterocycles. The number of aryl methyl sites for hydroxylation is 1. The molecular formula is C12H14N2. The second kappa shape index (κ2) is 4.09. The summed E-state index contributed by atoms with van der Waals surface area (Å²) in [4.78, 5) is 0. The summed E-state index contributed by atoms with van der Waals surface area (Å²) in [7, 11) is 0. The van der Waals surface area contributed by atoms with E-state index in [-0.39, 0.29) is 0 Å². The van der Waals surface area contributed by atoms with Gasteiger partial charge in [-0.2, -0.15) is 5.10 Å². The zero-order valence-corrected chi connectivity index (χ0v) is 8.35. The molecule has 2 rings (SSSR count). The van der Waals surface area contributed by atoms with Crippen molar-refractivity contribution in [3.63, 3.8) is 0 Å². The lowest BCUT2D eigenvalue weighted by atomic mass is 10.2. The van der Waals surface area contributed by atoms with Gasteiger partial charge in [-0.25, -0.2) is 4.68 Å². The molecule has 0 saturated carbocycles. The first-order valence-corrected chi connectivity index (χ1v) is 4.99. The number of hydrogen-bond donors (Lipinski definition) is 0. The van der Waals surface area contributed by atoms with Crippen LogP contribution in [0.25, 0.3) is 5.69 Å². The average molecular weight is 186 g/mol. The van der Waals surface area contributed by atoms with Gasteiger partial charge >= 0.3 is 0 Å². The summed E-state index contributed by atoms with van der Waals surface area (Å²) in [6.45, 7) is 2.18. The van der Waals surface area contributed by atoms with Crippen LogP contribution in [0, 0.1) is 0 Å². The van der Waals surface area contributed by atoms with Crippen molar-refractivity contribution in [2.45, 2.75) is 19.8 Å². The maximum atomic E-state index is 4.32. The molecule has 2 heteroatoms. The monoisotopic (exact) mass is 186 g/mol. The maximum Gasteiger partial charge on any atom is 0.0645 e. The Morgan fingerprint density at radius 1 is 1.21 bits per heavy atom. The first kappa shape index (κ1) is 9.00. The van der Waals surface area contributed by atoms with E-state index < -0.39 is 0 Å². The van der Waals surface area contributed by atoms with Crippen LogP contribution in [0.2, 0.25) is 0 Å². The molecule has 2 nitrogen and oxygen atoms in total. The van der Waals surface area contributed by atoms with Crippen molar-refractivity contribution in [1.82, 2.24) is 9.78 Å². The molecule has 0 bridgehead atoms. The Hall–Kier alpha value is -1.57.